The quantitative estimate of drug-likeness (QED) is 0.937. The van der Waals surface area contributed by atoms with E-state index in [4.69, 9.17) is 10.3 Å². The molecule has 0 amide bonds. The highest BCUT2D eigenvalue weighted by atomic mass is 79.9. The molecule has 2 rings (SSSR count). The van der Waals surface area contributed by atoms with E-state index in [9.17, 15) is 0 Å². The topological polar surface area (TPSA) is 64.9 Å². The number of aryl methyl sites for hydroxylation is 1. The van der Waals surface area contributed by atoms with Crippen LogP contribution < -0.4 is 5.73 Å². The van der Waals surface area contributed by atoms with Crippen molar-refractivity contribution in [3.63, 3.8) is 0 Å². The molecular weight excluding hydrogens is 294 g/mol. The van der Waals surface area contributed by atoms with Gasteiger partial charge in [-0.3, -0.25) is 0 Å². The summed E-state index contributed by atoms with van der Waals surface area (Å²) in [4.78, 5) is 4.37. The second-order valence-corrected chi connectivity index (χ2v) is 5.08. The third-order valence-electron chi connectivity index (χ3n) is 2.80. The number of aromatic nitrogens is 2. The molecule has 2 aromatic rings. The lowest BCUT2D eigenvalue weighted by atomic mass is 10.1. The number of hydrogen-bond donors (Lipinski definition) is 1. The van der Waals surface area contributed by atoms with E-state index in [0.29, 0.717) is 11.7 Å². The van der Waals surface area contributed by atoms with E-state index in [2.05, 4.69) is 33.0 Å². The highest BCUT2D eigenvalue weighted by Gasteiger charge is 2.16. The molecule has 4 nitrogen and oxygen atoms in total. The van der Waals surface area contributed by atoms with Crippen molar-refractivity contribution in [2.75, 3.05) is 0 Å². The molecule has 18 heavy (non-hydrogen) atoms. The van der Waals surface area contributed by atoms with Gasteiger partial charge in [-0.25, -0.2) is 0 Å². The molecule has 1 unspecified atom stereocenters. The van der Waals surface area contributed by atoms with E-state index < -0.39 is 0 Å². The summed E-state index contributed by atoms with van der Waals surface area (Å²) in [6, 6.07) is 5.77. The number of benzene rings is 1. The summed E-state index contributed by atoms with van der Waals surface area (Å²) in [7, 11) is 0. The Bertz CT molecular complexity index is 539. The van der Waals surface area contributed by atoms with Gasteiger partial charge in [0, 0.05) is 4.47 Å². The maximum absolute atomic E-state index is 5.97. The second kappa shape index (κ2) is 5.63. The third-order valence-corrected chi connectivity index (χ3v) is 3.85. The van der Waals surface area contributed by atoms with Crippen LogP contribution in [0.2, 0.25) is 0 Å². The fraction of sp³-hybridized carbons (Fsp3) is 0.385. The molecule has 96 valence electrons. The number of rotatable bonds is 4. The first-order chi connectivity index (χ1) is 8.63. The summed E-state index contributed by atoms with van der Waals surface area (Å²) in [6.45, 7) is 4.10. The zero-order valence-electron chi connectivity index (χ0n) is 10.5. The molecule has 0 bridgehead atoms. The summed E-state index contributed by atoms with van der Waals surface area (Å²) < 4.78 is 6.26. The van der Waals surface area contributed by atoms with E-state index in [1.165, 1.54) is 0 Å². The average molecular weight is 310 g/mol. The Balaban J connectivity index is 2.32. The maximum Gasteiger partial charge on any atom is 0.259 e. The number of nitrogens with zero attached hydrogens (tertiary/aromatic N) is 2. The van der Waals surface area contributed by atoms with Crippen molar-refractivity contribution in [2.45, 2.75) is 32.7 Å². The van der Waals surface area contributed by atoms with Crippen molar-refractivity contribution in [1.29, 1.82) is 0 Å². The standard InChI is InChI=1S/C13H16BrN3O/c1-3-5-10(15)12-16-13(18-17-12)9-7-4-6-8(2)11(9)14/h4,6-7,10H,3,5,15H2,1-2H3. The molecule has 0 aliphatic rings. The van der Waals surface area contributed by atoms with Gasteiger partial charge in [-0.15, -0.1) is 0 Å². The summed E-state index contributed by atoms with van der Waals surface area (Å²) in [5.74, 6) is 1.08. The molecular formula is C13H16BrN3O. The largest absolute Gasteiger partial charge is 0.334 e. The van der Waals surface area contributed by atoms with Crippen molar-refractivity contribution < 1.29 is 4.52 Å². The predicted octanol–water partition coefficient (Wildman–Crippen LogP) is 3.61. The van der Waals surface area contributed by atoms with Crippen LogP contribution in [0.4, 0.5) is 0 Å². The number of hydrogen-bond acceptors (Lipinski definition) is 4. The monoisotopic (exact) mass is 309 g/mol. The summed E-state index contributed by atoms with van der Waals surface area (Å²) >= 11 is 3.53. The van der Waals surface area contributed by atoms with Crippen LogP contribution in [0.25, 0.3) is 11.5 Å². The van der Waals surface area contributed by atoms with Crippen LogP contribution >= 0.6 is 15.9 Å². The summed E-state index contributed by atoms with van der Waals surface area (Å²) in [5.41, 5.74) is 8.00. The Kier molecular flexibility index (Phi) is 4.14. The molecule has 0 aliphatic heterocycles. The number of nitrogens with two attached hydrogens (primary N) is 1. The van der Waals surface area contributed by atoms with Gasteiger partial charge >= 0.3 is 0 Å². The van der Waals surface area contributed by atoms with Crippen LogP contribution in [0.3, 0.4) is 0 Å². The predicted molar refractivity (Wildman–Crippen MR) is 74.0 cm³/mol. The van der Waals surface area contributed by atoms with Crippen LogP contribution in [0.5, 0.6) is 0 Å². The minimum Gasteiger partial charge on any atom is -0.334 e. The molecule has 0 fully saturated rings. The van der Waals surface area contributed by atoms with Gasteiger partial charge in [0.2, 0.25) is 0 Å². The fourth-order valence-electron chi connectivity index (χ4n) is 1.75. The first-order valence-corrected chi connectivity index (χ1v) is 6.77. The van der Waals surface area contributed by atoms with E-state index in [-0.39, 0.29) is 6.04 Å². The van der Waals surface area contributed by atoms with Crippen LogP contribution in [0.15, 0.2) is 27.2 Å². The summed E-state index contributed by atoms with van der Waals surface area (Å²) in [6.07, 6.45) is 1.85. The molecule has 0 spiro atoms. The molecule has 0 radical (unpaired) electrons. The first-order valence-electron chi connectivity index (χ1n) is 5.98. The van der Waals surface area contributed by atoms with E-state index >= 15 is 0 Å². The molecule has 0 saturated heterocycles. The zero-order valence-corrected chi connectivity index (χ0v) is 12.1. The molecule has 0 saturated carbocycles. The lowest BCUT2D eigenvalue weighted by Crippen LogP contribution is -2.11. The second-order valence-electron chi connectivity index (χ2n) is 4.29. The fourth-order valence-corrected chi connectivity index (χ4v) is 2.18. The van der Waals surface area contributed by atoms with Gasteiger partial charge in [0.25, 0.3) is 5.89 Å². The van der Waals surface area contributed by atoms with Crippen molar-refractivity contribution in [1.82, 2.24) is 10.1 Å². The van der Waals surface area contributed by atoms with Crippen LogP contribution in [-0.2, 0) is 0 Å². The van der Waals surface area contributed by atoms with Gasteiger partial charge in [0.1, 0.15) is 0 Å². The Hall–Kier alpha value is -1.20. The van der Waals surface area contributed by atoms with Gasteiger partial charge in [-0.05, 0) is 40.9 Å². The van der Waals surface area contributed by atoms with Crippen molar-refractivity contribution in [3.8, 4) is 11.5 Å². The molecule has 1 heterocycles. The average Bonchev–Trinajstić information content (AvgIpc) is 2.82. The van der Waals surface area contributed by atoms with Gasteiger partial charge in [-0.2, -0.15) is 4.98 Å². The highest BCUT2D eigenvalue weighted by Crippen LogP contribution is 2.30. The van der Waals surface area contributed by atoms with Crippen molar-refractivity contribution >= 4 is 15.9 Å². The van der Waals surface area contributed by atoms with E-state index in [0.717, 1.165) is 28.4 Å². The zero-order chi connectivity index (χ0) is 13.1. The Morgan fingerprint density at radius 3 is 2.94 bits per heavy atom. The van der Waals surface area contributed by atoms with Gasteiger partial charge < -0.3 is 10.3 Å². The first kappa shape index (κ1) is 13.2. The van der Waals surface area contributed by atoms with Crippen molar-refractivity contribution in [3.05, 3.63) is 34.1 Å². The molecule has 0 aliphatic carbocycles. The maximum atomic E-state index is 5.97. The lowest BCUT2D eigenvalue weighted by Gasteiger charge is -2.03. The van der Waals surface area contributed by atoms with E-state index in [1.807, 2.05) is 25.1 Å². The SMILES string of the molecule is CCCC(N)c1noc(-c2cccc(C)c2Br)n1. The Morgan fingerprint density at radius 1 is 1.44 bits per heavy atom. The Labute approximate surface area is 115 Å². The highest BCUT2D eigenvalue weighted by molar-refractivity contribution is 9.10. The van der Waals surface area contributed by atoms with Gasteiger partial charge in [0.15, 0.2) is 5.82 Å². The molecule has 1 aromatic carbocycles. The number of halogens is 1. The van der Waals surface area contributed by atoms with Gasteiger partial charge in [0.05, 0.1) is 11.6 Å². The minimum absolute atomic E-state index is 0.156. The molecule has 1 aromatic heterocycles. The normalized spacial score (nSPS) is 12.7. The molecule has 5 heteroatoms. The van der Waals surface area contributed by atoms with Gasteiger partial charge in [-0.1, -0.05) is 30.6 Å². The minimum atomic E-state index is -0.156. The smallest absolute Gasteiger partial charge is 0.259 e. The van der Waals surface area contributed by atoms with Crippen LogP contribution in [0.1, 0.15) is 37.2 Å². The third kappa shape index (κ3) is 2.62. The molecule has 2 N–H and O–H groups in total. The Morgan fingerprint density at radius 2 is 2.22 bits per heavy atom. The molecule has 1 atom stereocenters. The van der Waals surface area contributed by atoms with Crippen LogP contribution in [-0.4, -0.2) is 10.1 Å². The van der Waals surface area contributed by atoms with Crippen molar-refractivity contribution in [2.24, 2.45) is 5.73 Å². The lowest BCUT2D eigenvalue weighted by molar-refractivity contribution is 0.413. The van der Waals surface area contributed by atoms with Crippen LogP contribution in [0, 0.1) is 6.92 Å². The summed E-state index contributed by atoms with van der Waals surface area (Å²) in [5, 5.41) is 3.95. The van der Waals surface area contributed by atoms with E-state index in [1.54, 1.807) is 0 Å².